The monoisotopic (exact) mass is 276 g/mol. The van der Waals surface area contributed by atoms with Crippen LogP contribution in [0.5, 0.6) is 0 Å². The van der Waals surface area contributed by atoms with Crippen molar-refractivity contribution in [1.82, 2.24) is 0 Å². The average Bonchev–Trinajstić information content (AvgIpc) is 2.45. The van der Waals surface area contributed by atoms with E-state index in [1.807, 2.05) is 6.08 Å². The van der Waals surface area contributed by atoms with Crippen LogP contribution in [0, 0.1) is 5.92 Å². The van der Waals surface area contributed by atoms with Gasteiger partial charge in [0.1, 0.15) is 5.76 Å². The predicted molar refractivity (Wildman–Crippen MR) is 88.9 cm³/mol. The van der Waals surface area contributed by atoms with Gasteiger partial charge >= 0.3 is 0 Å². The maximum atomic E-state index is 10.2. The quantitative estimate of drug-likeness (QED) is 0.537. The van der Waals surface area contributed by atoms with Crippen molar-refractivity contribution in [2.45, 2.75) is 79.1 Å². The summed E-state index contributed by atoms with van der Waals surface area (Å²) in [6, 6.07) is 0. The zero-order valence-corrected chi connectivity index (χ0v) is 13.8. The van der Waals surface area contributed by atoms with Gasteiger partial charge in [-0.2, -0.15) is 0 Å². The molecule has 0 radical (unpaired) electrons. The van der Waals surface area contributed by atoms with Crippen LogP contribution in [0.2, 0.25) is 0 Å². The van der Waals surface area contributed by atoms with E-state index in [1.165, 1.54) is 49.7 Å². The van der Waals surface area contributed by atoms with Crippen LogP contribution in [0.15, 0.2) is 34.6 Å². The van der Waals surface area contributed by atoms with E-state index >= 15 is 0 Å². The maximum absolute atomic E-state index is 10.2. The van der Waals surface area contributed by atoms with E-state index in [0.29, 0.717) is 11.7 Å². The second kappa shape index (κ2) is 9.05. The first-order valence-corrected chi connectivity index (χ1v) is 8.46. The van der Waals surface area contributed by atoms with Crippen molar-refractivity contribution >= 4 is 0 Å². The lowest BCUT2D eigenvalue weighted by Gasteiger charge is -2.28. The number of aliphatic hydroxyl groups excluding tert-OH is 1. The summed E-state index contributed by atoms with van der Waals surface area (Å²) in [4.78, 5) is 0. The molecule has 1 aliphatic rings. The van der Waals surface area contributed by atoms with Crippen molar-refractivity contribution in [2.75, 3.05) is 0 Å². The largest absolute Gasteiger partial charge is 0.508 e. The molecule has 0 saturated heterocycles. The van der Waals surface area contributed by atoms with Crippen molar-refractivity contribution in [3.63, 3.8) is 0 Å². The van der Waals surface area contributed by atoms with Crippen LogP contribution in [0.1, 0.15) is 79.1 Å². The van der Waals surface area contributed by atoms with Gasteiger partial charge in [0.15, 0.2) is 0 Å². The number of hydrogen-bond acceptors (Lipinski definition) is 1. The van der Waals surface area contributed by atoms with Crippen molar-refractivity contribution in [1.29, 1.82) is 0 Å². The Labute approximate surface area is 125 Å². The van der Waals surface area contributed by atoms with Gasteiger partial charge in [0, 0.05) is 5.92 Å². The Balaban J connectivity index is 3.03. The first kappa shape index (κ1) is 17.1. The maximum Gasteiger partial charge on any atom is 0.118 e. The standard InChI is InChI=1S/C19H32O/c1-5-8-11-16-14-19(20)15(4)17(12-9-6-2)18(16)13-10-7-3/h11,14,18,20H,5-10,12-13H2,1-4H3. The van der Waals surface area contributed by atoms with Crippen LogP contribution in [-0.4, -0.2) is 5.11 Å². The smallest absolute Gasteiger partial charge is 0.118 e. The first-order valence-electron chi connectivity index (χ1n) is 8.46. The Morgan fingerprint density at radius 1 is 1.10 bits per heavy atom. The minimum atomic E-state index is 0.492. The molecular formula is C19H32O. The van der Waals surface area contributed by atoms with Crippen molar-refractivity contribution < 1.29 is 5.11 Å². The Morgan fingerprint density at radius 3 is 2.40 bits per heavy atom. The van der Waals surface area contributed by atoms with Gasteiger partial charge in [0.2, 0.25) is 0 Å². The van der Waals surface area contributed by atoms with Crippen LogP contribution in [0.4, 0.5) is 0 Å². The average molecular weight is 276 g/mol. The SMILES string of the molecule is CCCC=C1C=C(O)C(C)=C(CCCC)C1CCCC. The number of rotatable bonds is 8. The molecule has 0 amide bonds. The van der Waals surface area contributed by atoms with Gasteiger partial charge in [-0.05, 0) is 49.8 Å². The molecule has 20 heavy (non-hydrogen) atoms. The zero-order chi connectivity index (χ0) is 15.0. The lowest BCUT2D eigenvalue weighted by atomic mass is 9.77. The molecular weight excluding hydrogens is 244 g/mol. The summed E-state index contributed by atoms with van der Waals surface area (Å²) in [6.45, 7) is 8.80. The van der Waals surface area contributed by atoms with Gasteiger partial charge in [-0.1, -0.05) is 58.1 Å². The summed E-state index contributed by atoms with van der Waals surface area (Å²) in [7, 11) is 0. The Bertz CT molecular complexity index is 385. The lowest BCUT2D eigenvalue weighted by molar-refractivity contribution is 0.410. The third kappa shape index (κ3) is 4.54. The van der Waals surface area contributed by atoms with Crippen molar-refractivity contribution in [3.8, 4) is 0 Å². The molecule has 0 aromatic rings. The summed E-state index contributed by atoms with van der Waals surface area (Å²) in [6.07, 6.45) is 14.0. The van der Waals surface area contributed by atoms with Crippen molar-refractivity contribution in [2.24, 2.45) is 5.92 Å². The molecule has 1 aliphatic carbocycles. The second-order valence-electron chi connectivity index (χ2n) is 5.97. The Hall–Kier alpha value is -0.980. The number of hydrogen-bond donors (Lipinski definition) is 1. The molecule has 0 saturated carbocycles. The van der Waals surface area contributed by atoms with Crippen molar-refractivity contribution in [3.05, 3.63) is 34.6 Å². The Kier molecular flexibility index (Phi) is 7.72. The molecule has 114 valence electrons. The van der Waals surface area contributed by atoms with Crippen LogP contribution < -0.4 is 0 Å². The van der Waals surface area contributed by atoms with E-state index < -0.39 is 0 Å². The summed E-state index contributed by atoms with van der Waals surface area (Å²) in [5, 5.41) is 10.2. The molecule has 0 spiro atoms. The summed E-state index contributed by atoms with van der Waals surface area (Å²) in [5.74, 6) is 1.04. The van der Waals surface area contributed by atoms with Gasteiger partial charge in [0.05, 0.1) is 0 Å². The van der Waals surface area contributed by atoms with Gasteiger partial charge in [-0.3, -0.25) is 0 Å². The molecule has 0 aromatic carbocycles. The molecule has 1 heteroatoms. The van der Waals surface area contributed by atoms with Gasteiger partial charge < -0.3 is 5.11 Å². The zero-order valence-electron chi connectivity index (χ0n) is 13.8. The number of allylic oxidation sites excluding steroid dienone is 5. The van der Waals surface area contributed by atoms with Crippen LogP contribution in [0.25, 0.3) is 0 Å². The summed E-state index contributed by atoms with van der Waals surface area (Å²) < 4.78 is 0. The first-order chi connectivity index (χ1) is 9.65. The predicted octanol–water partition coefficient (Wildman–Crippen LogP) is 6.48. The minimum Gasteiger partial charge on any atom is -0.508 e. The normalized spacial score (nSPS) is 21.5. The Morgan fingerprint density at radius 2 is 1.80 bits per heavy atom. The van der Waals surface area contributed by atoms with E-state index in [1.54, 1.807) is 0 Å². The third-order valence-corrected chi connectivity index (χ3v) is 4.31. The molecule has 0 heterocycles. The minimum absolute atomic E-state index is 0.492. The molecule has 1 rings (SSSR count). The van der Waals surface area contributed by atoms with Gasteiger partial charge in [-0.25, -0.2) is 0 Å². The van der Waals surface area contributed by atoms with Crippen LogP contribution in [-0.2, 0) is 0 Å². The lowest BCUT2D eigenvalue weighted by Crippen LogP contribution is -2.15. The van der Waals surface area contributed by atoms with Gasteiger partial charge in [-0.15, -0.1) is 0 Å². The molecule has 1 unspecified atom stereocenters. The highest BCUT2D eigenvalue weighted by molar-refractivity contribution is 5.45. The molecule has 0 bridgehead atoms. The highest BCUT2D eigenvalue weighted by Crippen LogP contribution is 2.38. The summed E-state index contributed by atoms with van der Waals surface area (Å²) >= 11 is 0. The molecule has 0 aliphatic heterocycles. The topological polar surface area (TPSA) is 20.2 Å². The van der Waals surface area contributed by atoms with Crippen LogP contribution in [0.3, 0.4) is 0 Å². The molecule has 1 nitrogen and oxygen atoms in total. The molecule has 0 fully saturated rings. The van der Waals surface area contributed by atoms with Gasteiger partial charge in [0.25, 0.3) is 0 Å². The molecule has 1 atom stereocenters. The van der Waals surface area contributed by atoms with E-state index in [0.717, 1.165) is 18.4 Å². The highest BCUT2D eigenvalue weighted by atomic mass is 16.3. The fraction of sp³-hybridized carbons (Fsp3) is 0.684. The molecule has 0 aromatic heterocycles. The van der Waals surface area contributed by atoms with E-state index in [4.69, 9.17) is 0 Å². The number of unbranched alkanes of at least 4 members (excludes halogenated alkanes) is 3. The number of aliphatic hydroxyl groups is 1. The molecule has 1 N–H and O–H groups in total. The highest BCUT2D eigenvalue weighted by Gasteiger charge is 2.24. The fourth-order valence-corrected chi connectivity index (χ4v) is 2.98. The third-order valence-electron chi connectivity index (χ3n) is 4.31. The van der Waals surface area contributed by atoms with E-state index in [-0.39, 0.29) is 0 Å². The summed E-state index contributed by atoms with van der Waals surface area (Å²) in [5.41, 5.74) is 3.98. The fourth-order valence-electron chi connectivity index (χ4n) is 2.98. The van der Waals surface area contributed by atoms with E-state index in [2.05, 4.69) is 33.8 Å². The second-order valence-corrected chi connectivity index (χ2v) is 5.97. The van der Waals surface area contributed by atoms with Crippen LogP contribution >= 0.6 is 0 Å². The van der Waals surface area contributed by atoms with E-state index in [9.17, 15) is 5.11 Å².